The normalized spacial score (nSPS) is 11.9. The molecule has 3 aromatic heterocycles. The van der Waals surface area contributed by atoms with Crippen LogP contribution in [-0.2, 0) is 0 Å². The van der Waals surface area contributed by atoms with E-state index in [0.29, 0.717) is 11.1 Å². The first kappa shape index (κ1) is 23.9. The van der Waals surface area contributed by atoms with E-state index in [4.69, 9.17) is 8.83 Å². The molecule has 4 nitrogen and oxygen atoms in total. The minimum atomic E-state index is 0.507. The average Bonchev–Trinajstić information content (AvgIpc) is 3.69. The maximum absolute atomic E-state index is 10.3. The second kappa shape index (κ2) is 8.61. The smallest absolute Gasteiger partial charge is 0.159 e. The number of nitrogens with zero attached hydrogens (tertiary/aromatic N) is 2. The van der Waals surface area contributed by atoms with E-state index >= 15 is 0 Å². The van der Waals surface area contributed by atoms with Gasteiger partial charge in [-0.3, -0.25) is 0 Å². The predicted molar refractivity (Wildman–Crippen MR) is 175 cm³/mol. The van der Waals surface area contributed by atoms with Crippen LogP contribution in [-0.4, -0.2) is 4.57 Å². The molecule has 0 amide bonds. The summed E-state index contributed by atoms with van der Waals surface area (Å²) < 4.78 is 15.1. The number of benzene rings is 6. The summed E-state index contributed by atoms with van der Waals surface area (Å²) in [4.78, 5) is 0. The molecule has 202 valence electrons. The molecule has 0 aliphatic heterocycles. The fourth-order valence-corrected chi connectivity index (χ4v) is 6.73. The molecule has 0 N–H and O–H groups in total. The van der Waals surface area contributed by atoms with Gasteiger partial charge in [-0.05, 0) is 85.6 Å². The van der Waals surface area contributed by atoms with Crippen molar-refractivity contribution in [2.24, 2.45) is 0 Å². The molecular weight excluding hydrogens is 528 g/mol. The number of hydrogen-bond acceptors (Lipinski definition) is 3. The minimum Gasteiger partial charge on any atom is -0.456 e. The van der Waals surface area contributed by atoms with Crippen LogP contribution in [0.15, 0.2) is 118 Å². The summed E-state index contributed by atoms with van der Waals surface area (Å²) in [6, 6.07) is 40.3. The summed E-state index contributed by atoms with van der Waals surface area (Å²) in [5.74, 6) is 0. The van der Waals surface area contributed by atoms with Gasteiger partial charge in [0.2, 0.25) is 0 Å². The monoisotopic (exact) mass is 552 g/mol. The van der Waals surface area contributed by atoms with Crippen molar-refractivity contribution in [1.82, 2.24) is 4.57 Å². The second-order valence-corrected chi connectivity index (χ2v) is 11.5. The lowest BCUT2D eigenvalue weighted by atomic mass is 9.98. The number of hydrogen-bond donors (Lipinski definition) is 0. The first-order chi connectivity index (χ1) is 21.1. The first-order valence-corrected chi connectivity index (χ1v) is 14.4. The molecule has 3 heterocycles. The molecule has 0 aliphatic carbocycles. The molecule has 4 heteroatoms. The highest BCUT2D eigenvalue weighted by Gasteiger charge is 2.20. The molecule has 0 atom stereocenters. The first-order valence-electron chi connectivity index (χ1n) is 14.4. The van der Waals surface area contributed by atoms with E-state index in [1.165, 1.54) is 21.9 Å². The SMILES string of the molecule is Cc1ccc2c(c1)c1cc(C)ccc1n2-c1cccc2c1oc1c(C#N)cc(-c3ccc4c(c3)oc3ccccc34)cc12. The number of fused-ring (bicyclic) bond motifs is 9. The van der Waals surface area contributed by atoms with Crippen LogP contribution in [0.2, 0.25) is 0 Å². The van der Waals surface area contributed by atoms with Crippen LogP contribution in [0.1, 0.15) is 16.7 Å². The lowest BCUT2D eigenvalue weighted by Crippen LogP contribution is -1.94. The van der Waals surface area contributed by atoms with E-state index in [9.17, 15) is 5.26 Å². The van der Waals surface area contributed by atoms with Crippen LogP contribution in [0.3, 0.4) is 0 Å². The molecular formula is C39H24N2O2. The molecule has 43 heavy (non-hydrogen) atoms. The van der Waals surface area contributed by atoms with Gasteiger partial charge in [0.1, 0.15) is 17.2 Å². The van der Waals surface area contributed by atoms with E-state index in [1.54, 1.807) is 0 Å². The van der Waals surface area contributed by atoms with Crippen molar-refractivity contribution in [2.75, 3.05) is 0 Å². The van der Waals surface area contributed by atoms with Gasteiger partial charge in [-0.25, -0.2) is 0 Å². The summed E-state index contributed by atoms with van der Waals surface area (Å²) >= 11 is 0. The second-order valence-electron chi connectivity index (χ2n) is 11.5. The molecule has 0 radical (unpaired) electrons. The van der Waals surface area contributed by atoms with Crippen molar-refractivity contribution in [3.63, 3.8) is 0 Å². The molecule has 0 saturated heterocycles. The number of aromatic nitrogens is 1. The highest BCUT2D eigenvalue weighted by molar-refractivity contribution is 6.14. The molecule has 9 aromatic rings. The fraction of sp³-hybridized carbons (Fsp3) is 0.0513. The van der Waals surface area contributed by atoms with E-state index in [-0.39, 0.29) is 0 Å². The number of nitriles is 1. The summed E-state index contributed by atoms with van der Waals surface area (Å²) in [6.45, 7) is 4.26. The van der Waals surface area contributed by atoms with E-state index in [1.807, 2.05) is 24.3 Å². The molecule has 0 fully saturated rings. The fourth-order valence-electron chi connectivity index (χ4n) is 6.73. The van der Waals surface area contributed by atoms with Crippen LogP contribution in [0, 0.1) is 25.2 Å². The van der Waals surface area contributed by atoms with Gasteiger partial charge in [-0.2, -0.15) is 5.26 Å². The van der Waals surface area contributed by atoms with Crippen molar-refractivity contribution in [3.8, 4) is 22.9 Å². The van der Waals surface area contributed by atoms with Gasteiger partial charge in [0.15, 0.2) is 11.2 Å². The minimum absolute atomic E-state index is 0.507. The van der Waals surface area contributed by atoms with Crippen molar-refractivity contribution in [1.29, 1.82) is 5.26 Å². The van der Waals surface area contributed by atoms with Gasteiger partial charge >= 0.3 is 0 Å². The Bertz CT molecular complexity index is 2600. The molecule has 0 saturated carbocycles. The zero-order valence-corrected chi connectivity index (χ0v) is 23.6. The Morgan fingerprint density at radius 2 is 1.26 bits per heavy atom. The van der Waals surface area contributed by atoms with Crippen molar-refractivity contribution in [3.05, 3.63) is 126 Å². The van der Waals surface area contributed by atoms with Crippen LogP contribution in [0.5, 0.6) is 0 Å². The van der Waals surface area contributed by atoms with Crippen LogP contribution >= 0.6 is 0 Å². The average molecular weight is 553 g/mol. The van der Waals surface area contributed by atoms with Crippen molar-refractivity contribution >= 4 is 65.7 Å². The largest absolute Gasteiger partial charge is 0.456 e. The summed E-state index contributed by atoms with van der Waals surface area (Å²) in [5.41, 5.74) is 11.2. The molecule has 0 bridgehead atoms. The van der Waals surface area contributed by atoms with E-state index in [0.717, 1.165) is 66.1 Å². The topological polar surface area (TPSA) is 55.0 Å². The van der Waals surface area contributed by atoms with Gasteiger partial charge in [-0.1, -0.05) is 59.7 Å². The van der Waals surface area contributed by atoms with Gasteiger partial charge in [0.05, 0.1) is 22.3 Å². The molecule has 0 spiro atoms. The van der Waals surface area contributed by atoms with Crippen LogP contribution < -0.4 is 0 Å². The maximum atomic E-state index is 10.3. The standard InChI is InChI=1S/C39H24N2O2/c1-22-10-14-33-30(16-22)31-17-23(2)11-15-34(31)41(33)35-8-5-7-29-32-19-25(18-26(21-40)38(32)43-39(29)35)24-12-13-28-27-6-3-4-9-36(27)42-37(28)20-24/h3-20H,1-2H3. The number of furan rings is 2. The maximum Gasteiger partial charge on any atom is 0.159 e. The highest BCUT2D eigenvalue weighted by Crippen LogP contribution is 2.41. The lowest BCUT2D eigenvalue weighted by Gasteiger charge is -2.08. The Balaban J connectivity index is 1.31. The molecule has 9 rings (SSSR count). The third kappa shape index (κ3) is 3.37. The zero-order valence-electron chi connectivity index (χ0n) is 23.6. The Morgan fingerprint density at radius 3 is 2.02 bits per heavy atom. The number of rotatable bonds is 2. The Morgan fingerprint density at radius 1 is 0.535 bits per heavy atom. The van der Waals surface area contributed by atoms with E-state index in [2.05, 4.69) is 109 Å². The Kier molecular flexibility index (Phi) is 4.78. The van der Waals surface area contributed by atoms with Gasteiger partial charge in [0, 0.05) is 32.3 Å². The third-order valence-corrected chi connectivity index (χ3v) is 8.73. The van der Waals surface area contributed by atoms with Gasteiger partial charge in [-0.15, -0.1) is 0 Å². The van der Waals surface area contributed by atoms with Gasteiger partial charge < -0.3 is 13.4 Å². The quantitative estimate of drug-likeness (QED) is 0.214. The van der Waals surface area contributed by atoms with Gasteiger partial charge in [0.25, 0.3) is 0 Å². The van der Waals surface area contributed by atoms with Crippen molar-refractivity contribution in [2.45, 2.75) is 13.8 Å². The van der Waals surface area contributed by atoms with Crippen LogP contribution in [0.25, 0.3) is 82.5 Å². The van der Waals surface area contributed by atoms with Crippen molar-refractivity contribution < 1.29 is 8.83 Å². The molecule has 0 unspecified atom stereocenters. The molecule has 0 aliphatic rings. The predicted octanol–water partition coefficient (Wildman–Crippen LogP) is 10.7. The lowest BCUT2D eigenvalue weighted by molar-refractivity contribution is 0.665. The number of aryl methyl sites for hydroxylation is 2. The molecule has 6 aromatic carbocycles. The Labute approximate surface area is 246 Å². The summed E-state index contributed by atoms with van der Waals surface area (Å²) in [7, 11) is 0. The summed E-state index contributed by atoms with van der Waals surface area (Å²) in [6.07, 6.45) is 0. The Hall–Kier alpha value is -5.79. The summed E-state index contributed by atoms with van der Waals surface area (Å²) in [5, 5.41) is 16.8. The number of para-hydroxylation sites is 2. The van der Waals surface area contributed by atoms with E-state index < -0.39 is 0 Å². The third-order valence-electron chi connectivity index (χ3n) is 8.73. The van der Waals surface area contributed by atoms with Crippen LogP contribution in [0.4, 0.5) is 0 Å². The highest BCUT2D eigenvalue weighted by atomic mass is 16.3. The zero-order chi connectivity index (χ0) is 28.8.